The van der Waals surface area contributed by atoms with Crippen LogP contribution >= 0.6 is 0 Å². The number of carbonyl (C=O) groups excluding carboxylic acids is 1. The van der Waals surface area contributed by atoms with E-state index in [2.05, 4.69) is 38.3 Å². The van der Waals surface area contributed by atoms with Crippen LogP contribution in [-0.2, 0) is 4.79 Å². The Hall–Kier alpha value is -0.570. The Labute approximate surface area is 107 Å². The van der Waals surface area contributed by atoms with E-state index in [0.717, 1.165) is 31.7 Å². The van der Waals surface area contributed by atoms with E-state index in [1.165, 1.54) is 12.8 Å². The van der Waals surface area contributed by atoms with Gasteiger partial charge in [0.1, 0.15) is 0 Å². The first kappa shape index (κ1) is 16.4. The maximum atomic E-state index is 11.5. The van der Waals surface area contributed by atoms with Gasteiger partial charge in [-0.05, 0) is 31.7 Å². The third-order valence-corrected chi connectivity index (χ3v) is 3.02. The zero-order valence-electron chi connectivity index (χ0n) is 12.0. The second-order valence-electron chi connectivity index (χ2n) is 5.15. The van der Waals surface area contributed by atoms with Crippen molar-refractivity contribution < 1.29 is 4.79 Å². The van der Waals surface area contributed by atoms with Crippen molar-refractivity contribution in [2.75, 3.05) is 13.1 Å². The SMILES string of the molecule is CCC(CC)NC(=O)CNCCCCC(C)C. The molecule has 0 aliphatic rings. The molecule has 0 heterocycles. The Kier molecular flexibility index (Phi) is 10.2. The molecule has 0 aliphatic heterocycles. The average molecular weight is 242 g/mol. The van der Waals surface area contributed by atoms with Crippen LogP contribution in [0, 0.1) is 5.92 Å². The predicted molar refractivity (Wildman–Crippen MR) is 74.1 cm³/mol. The van der Waals surface area contributed by atoms with Crippen molar-refractivity contribution in [1.29, 1.82) is 0 Å². The van der Waals surface area contributed by atoms with Crippen LogP contribution in [0.1, 0.15) is 59.8 Å². The Morgan fingerprint density at radius 3 is 2.29 bits per heavy atom. The highest BCUT2D eigenvalue weighted by molar-refractivity contribution is 5.78. The van der Waals surface area contributed by atoms with Crippen molar-refractivity contribution in [3.8, 4) is 0 Å². The van der Waals surface area contributed by atoms with Crippen molar-refractivity contribution in [3.05, 3.63) is 0 Å². The number of nitrogens with one attached hydrogen (secondary N) is 2. The molecule has 0 aromatic carbocycles. The van der Waals surface area contributed by atoms with Gasteiger partial charge >= 0.3 is 0 Å². The Morgan fingerprint density at radius 2 is 1.76 bits per heavy atom. The van der Waals surface area contributed by atoms with E-state index in [1.807, 2.05) is 0 Å². The van der Waals surface area contributed by atoms with E-state index in [1.54, 1.807) is 0 Å². The smallest absolute Gasteiger partial charge is 0.234 e. The lowest BCUT2D eigenvalue weighted by Gasteiger charge is -2.14. The van der Waals surface area contributed by atoms with E-state index in [0.29, 0.717) is 12.6 Å². The van der Waals surface area contributed by atoms with Gasteiger partial charge in [0.05, 0.1) is 6.54 Å². The standard InChI is InChI=1S/C14H30N2O/c1-5-13(6-2)16-14(17)11-15-10-8-7-9-12(3)4/h12-13,15H,5-11H2,1-4H3,(H,16,17). The molecule has 0 radical (unpaired) electrons. The quantitative estimate of drug-likeness (QED) is 0.578. The van der Waals surface area contributed by atoms with Crippen LogP contribution in [0.25, 0.3) is 0 Å². The van der Waals surface area contributed by atoms with Crippen molar-refractivity contribution in [2.45, 2.75) is 65.8 Å². The Morgan fingerprint density at radius 1 is 1.12 bits per heavy atom. The largest absolute Gasteiger partial charge is 0.352 e. The monoisotopic (exact) mass is 242 g/mol. The minimum absolute atomic E-state index is 0.127. The van der Waals surface area contributed by atoms with Crippen LogP contribution in [0.2, 0.25) is 0 Å². The van der Waals surface area contributed by atoms with E-state index >= 15 is 0 Å². The first-order chi connectivity index (χ1) is 8.10. The molecule has 0 rings (SSSR count). The maximum Gasteiger partial charge on any atom is 0.234 e. The van der Waals surface area contributed by atoms with Crippen molar-refractivity contribution >= 4 is 5.91 Å². The summed E-state index contributed by atoms with van der Waals surface area (Å²) >= 11 is 0. The minimum Gasteiger partial charge on any atom is -0.352 e. The van der Waals surface area contributed by atoms with Crippen LogP contribution < -0.4 is 10.6 Å². The molecule has 0 spiro atoms. The summed E-state index contributed by atoms with van der Waals surface area (Å²) in [6, 6.07) is 0.338. The van der Waals surface area contributed by atoms with Crippen LogP contribution in [0.3, 0.4) is 0 Å². The summed E-state index contributed by atoms with van der Waals surface area (Å²) in [5.74, 6) is 0.913. The molecule has 3 heteroatoms. The number of hydrogen-bond acceptors (Lipinski definition) is 2. The topological polar surface area (TPSA) is 41.1 Å². The molecule has 0 bridgehead atoms. The number of unbranched alkanes of at least 4 members (excludes halogenated alkanes) is 1. The Balaban J connectivity index is 3.39. The fourth-order valence-corrected chi connectivity index (χ4v) is 1.78. The van der Waals surface area contributed by atoms with Crippen molar-refractivity contribution in [2.24, 2.45) is 5.92 Å². The molecule has 0 atom stereocenters. The van der Waals surface area contributed by atoms with Crippen LogP contribution in [0.4, 0.5) is 0 Å². The normalized spacial score (nSPS) is 11.2. The molecule has 1 amide bonds. The third kappa shape index (κ3) is 10.3. The highest BCUT2D eigenvalue weighted by Crippen LogP contribution is 2.04. The van der Waals surface area contributed by atoms with Crippen LogP contribution in [0.15, 0.2) is 0 Å². The summed E-state index contributed by atoms with van der Waals surface area (Å²) in [5.41, 5.74) is 0. The van der Waals surface area contributed by atoms with Gasteiger partial charge in [-0.1, -0.05) is 40.5 Å². The molecule has 3 nitrogen and oxygen atoms in total. The van der Waals surface area contributed by atoms with E-state index in [-0.39, 0.29) is 5.91 Å². The molecule has 0 aromatic rings. The molecule has 0 saturated carbocycles. The minimum atomic E-state index is 0.127. The number of carbonyl (C=O) groups is 1. The predicted octanol–water partition coefficient (Wildman–Crippen LogP) is 2.71. The second-order valence-corrected chi connectivity index (χ2v) is 5.15. The number of hydrogen-bond donors (Lipinski definition) is 2. The van der Waals surface area contributed by atoms with Gasteiger partial charge in [0.25, 0.3) is 0 Å². The molecule has 102 valence electrons. The molecule has 0 saturated heterocycles. The van der Waals surface area contributed by atoms with Gasteiger partial charge in [0.15, 0.2) is 0 Å². The molecule has 0 fully saturated rings. The Bertz CT molecular complexity index is 189. The zero-order valence-corrected chi connectivity index (χ0v) is 12.0. The highest BCUT2D eigenvalue weighted by Gasteiger charge is 2.06. The molecular formula is C14H30N2O. The first-order valence-corrected chi connectivity index (χ1v) is 7.10. The second kappa shape index (κ2) is 10.6. The first-order valence-electron chi connectivity index (χ1n) is 7.10. The van der Waals surface area contributed by atoms with E-state index < -0.39 is 0 Å². The maximum absolute atomic E-state index is 11.5. The van der Waals surface area contributed by atoms with Crippen molar-refractivity contribution in [1.82, 2.24) is 10.6 Å². The summed E-state index contributed by atoms with van der Waals surface area (Å²) < 4.78 is 0. The molecule has 17 heavy (non-hydrogen) atoms. The lowest BCUT2D eigenvalue weighted by Crippen LogP contribution is -2.40. The van der Waals surface area contributed by atoms with Gasteiger partial charge in [-0.25, -0.2) is 0 Å². The number of rotatable bonds is 10. The van der Waals surface area contributed by atoms with Crippen LogP contribution in [-0.4, -0.2) is 25.0 Å². The van der Waals surface area contributed by atoms with Crippen LogP contribution in [0.5, 0.6) is 0 Å². The van der Waals surface area contributed by atoms with Crippen molar-refractivity contribution in [3.63, 3.8) is 0 Å². The van der Waals surface area contributed by atoms with Gasteiger partial charge in [-0.2, -0.15) is 0 Å². The third-order valence-electron chi connectivity index (χ3n) is 3.02. The molecule has 0 aliphatic carbocycles. The summed E-state index contributed by atoms with van der Waals surface area (Å²) in [4.78, 5) is 11.5. The molecule has 0 aromatic heterocycles. The number of amides is 1. The highest BCUT2D eigenvalue weighted by atomic mass is 16.1. The van der Waals surface area contributed by atoms with Gasteiger partial charge in [0.2, 0.25) is 5.91 Å². The lowest BCUT2D eigenvalue weighted by atomic mass is 10.1. The summed E-state index contributed by atoms with van der Waals surface area (Å²) in [6.45, 7) is 10.1. The summed E-state index contributed by atoms with van der Waals surface area (Å²) in [6.07, 6.45) is 5.71. The average Bonchev–Trinajstić information content (AvgIpc) is 2.30. The van der Waals surface area contributed by atoms with E-state index in [4.69, 9.17) is 0 Å². The van der Waals surface area contributed by atoms with Gasteiger partial charge in [-0.3, -0.25) is 4.79 Å². The van der Waals surface area contributed by atoms with Gasteiger partial charge < -0.3 is 10.6 Å². The molecule has 2 N–H and O–H groups in total. The van der Waals surface area contributed by atoms with Gasteiger partial charge in [0, 0.05) is 6.04 Å². The fourth-order valence-electron chi connectivity index (χ4n) is 1.78. The fraction of sp³-hybridized carbons (Fsp3) is 0.929. The lowest BCUT2D eigenvalue weighted by molar-refractivity contribution is -0.121. The molecular weight excluding hydrogens is 212 g/mol. The summed E-state index contributed by atoms with van der Waals surface area (Å²) in [7, 11) is 0. The van der Waals surface area contributed by atoms with Gasteiger partial charge in [-0.15, -0.1) is 0 Å². The summed E-state index contributed by atoms with van der Waals surface area (Å²) in [5, 5.41) is 6.22. The zero-order chi connectivity index (χ0) is 13.1. The molecule has 0 unspecified atom stereocenters. The van der Waals surface area contributed by atoms with E-state index in [9.17, 15) is 4.79 Å².